The minimum Gasteiger partial charge on any atom is -0.269 e. The van der Waals surface area contributed by atoms with E-state index < -0.39 is 0 Å². The molecule has 0 aromatic carbocycles. The van der Waals surface area contributed by atoms with Gasteiger partial charge in [0.15, 0.2) is 0 Å². The van der Waals surface area contributed by atoms with Crippen LogP contribution in [0.5, 0.6) is 0 Å². The van der Waals surface area contributed by atoms with Crippen molar-refractivity contribution < 1.29 is 0 Å². The summed E-state index contributed by atoms with van der Waals surface area (Å²) in [6, 6.07) is 1.76. The Bertz CT molecular complexity index is 189. The molecule has 1 aromatic rings. The molecule has 0 fully saturated rings. The summed E-state index contributed by atoms with van der Waals surface area (Å²) in [7, 11) is 0. The maximum atomic E-state index is 5.73. The molecule has 4 heteroatoms. The predicted molar refractivity (Wildman–Crippen MR) is 40.9 cm³/mol. The predicted octanol–water partition coefficient (Wildman–Crippen LogP) is 1.46. The Morgan fingerprint density at radius 1 is 1.70 bits per heavy atom. The lowest BCUT2D eigenvalue weighted by atomic mass is 10.6. The van der Waals surface area contributed by atoms with Crippen LogP contribution < -0.4 is 4.42 Å². The second kappa shape index (κ2) is 3.37. The van der Waals surface area contributed by atoms with Gasteiger partial charge in [-0.1, -0.05) is 0 Å². The van der Waals surface area contributed by atoms with Crippen molar-refractivity contribution in [1.82, 2.24) is 9.97 Å². The standard InChI is InChI=1S/C6H8ClN3/c1-2-10(7)6-3-4-8-5-9-6/h3-5H,2H2,1H3. The van der Waals surface area contributed by atoms with Gasteiger partial charge in [-0.2, -0.15) is 0 Å². The van der Waals surface area contributed by atoms with E-state index in [1.54, 1.807) is 12.3 Å². The summed E-state index contributed by atoms with van der Waals surface area (Å²) < 4.78 is 1.53. The Labute approximate surface area is 64.8 Å². The first-order chi connectivity index (χ1) is 4.84. The van der Waals surface area contributed by atoms with E-state index >= 15 is 0 Å². The van der Waals surface area contributed by atoms with Crippen molar-refractivity contribution in [3.05, 3.63) is 18.6 Å². The highest BCUT2D eigenvalue weighted by Gasteiger charge is 1.97. The minimum atomic E-state index is 0.735. The smallest absolute Gasteiger partial charge is 0.146 e. The quantitative estimate of drug-likeness (QED) is 0.609. The number of aromatic nitrogens is 2. The second-order valence-corrected chi connectivity index (χ2v) is 2.15. The molecule has 0 amide bonds. The third-order valence-corrected chi connectivity index (χ3v) is 1.50. The van der Waals surface area contributed by atoms with Gasteiger partial charge in [0.2, 0.25) is 0 Å². The van der Waals surface area contributed by atoms with Crippen LogP contribution in [-0.2, 0) is 0 Å². The first-order valence-corrected chi connectivity index (χ1v) is 3.37. The largest absolute Gasteiger partial charge is 0.269 e. The molecule has 1 heterocycles. The molecule has 0 aliphatic heterocycles. The van der Waals surface area contributed by atoms with Crippen LogP contribution in [0.3, 0.4) is 0 Å². The van der Waals surface area contributed by atoms with Crippen molar-refractivity contribution in [1.29, 1.82) is 0 Å². The Hall–Kier alpha value is -0.830. The monoisotopic (exact) mass is 157 g/mol. The number of anilines is 1. The Morgan fingerprint density at radius 2 is 2.50 bits per heavy atom. The zero-order valence-electron chi connectivity index (χ0n) is 5.66. The Kier molecular flexibility index (Phi) is 2.45. The van der Waals surface area contributed by atoms with Crippen molar-refractivity contribution in [3.8, 4) is 0 Å². The number of nitrogens with zero attached hydrogens (tertiary/aromatic N) is 3. The fraction of sp³-hybridized carbons (Fsp3) is 0.333. The average molecular weight is 158 g/mol. The maximum absolute atomic E-state index is 5.73. The van der Waals surface area contributed by atoms with Gasteiger partial charge in [-0.05, 0) is 6.92 Å². The third-order valence-electron chi connectivity index (χ3n) is 1.09. The fourth-order valence-corrected chi connectivity index (χ4v) is 0.689. The summed E-state index contributed by atoms with van der Waals surface area (Å²) in [4.78, 5) is 7.70. The number of hydrogen-bond donors (Lipinski definition) is 0. The molecule has 0 aliphatic rings. The lowest BCUT2D eigenvalue weighted by Crippen LogP contribution is -2.09. The van der Waals surface area contributed by atoms with E-state index in [9.17, 15) is 0 Å². The van der Waals surface area contributed by atoms with Crippen molar-refractivity contribution >= 4 is 17.6 Å². The highest BCUT2D eigenvalue weighted by Crippen LogP contribution is 2.08. The van der Waals surface area contributed by atoms with E-state index in [-0.39, 0.29) is 0 Å². The van der Waals surface area contributed by atoms with Crippen LogP contribution in [-0.4, -0.2) is 16.5 Å². The van der Waals surface area contributed by atoms with Crippen LogP contribution in [0.1, 0.15) is 6.92 Å². The molecule has 0 unspecified atom stereocenters. The normalized spacial score (nSPS) is 9.40. The van der Waals surface area contributed by atoms with E-state index in [4.69, 9.17) is 11.8 Å². The summed E-state index contributed by atoms with van der Waals surface area (Å²) in [6.07, 6.45) is 3.13. The van der Waals surface area contributed by atoms with Crippen LogP contribution >= 0.6 is 11.8 Å². The summed E-state index contributed by atoms with van der Waals surface area (Å²) in [5.41, 5.74) is 0. The molecule has 0 saturated heterocycles. The van der Waals surface area contributed by atoms with E-state index in [1.807, 2.05) is 6.92 Å². The molecule has 0 bridgehead atoms. The highest BCUT2D eigenvalue weighted by molar-refractivity contribution is 6.25. The molecule has 3 nitrogen and oxygen atoms in total. The van der Waals surface area contributed by atoms with Crippen molar-refractivity contribution in [3.63, 3.8) is 0 Å². The number of rotatable bonds is 2. The lowest BCUT2D eigenvalue weighted by molar-refractivity contribution is 1.03. The van der Waals surface area contributed by atoms with Crippen LogP contribution in [0.2, 0.25) is 0 Å². The molecule has 54 valence electrons. The van der Waals surface area contributed by atoms with Crippen LogP contribution in [0, 0.1) is 0 Å². The van der Waals surface area contributed by atoms with Gasteiger partial charge in [0.25, 0.3) is 0 Å². The van der Waals surface area contributed by atoms with E-state index in [0.717, 1.165) is 12.4 Å². The summed E-state index contributed by atoms with van der Waals surface area (Å²) in [5.74, 6) is 0.735. The van der Waals surface area contributed by atoms with Gasteiger partial charge >= 0.3 is 0 Å². The third kappa shape index (κ3) is 1.57. The Morgan fingerprint density at radius 3 is 3.00 bits per heavy atom. The maximum Gasteiger partial charge on any atom is 0.146 e. The summed E-state index contributed by atoms with van der Waals surface area (Å²) in [6.45, 7) is 2.69. The fourth-order valence-electron chi connectivity index (χ4n) is 0.589. The van der Waals surface area contributed by atoms with Gasteiger partial charge in [0.05, 0.1) is 0 Å². The van der Waals surface area contributed by atoms with Crippen LogP contribution in [0.15, 0.2) is 18.6 Å². The van der Waals surface area contributed by atoms with Gasteiger partial charge in [-0.25, -0.2) is 9.97 Å². The van der Waals surface area contributed by atoms with Crippen molar-refractivity contribution in [2.24, 2.45) is 0 Å². The van der Waals surface area contributed by atoms with Gasteiger partial charge in [0.1, 0.15) is 12.1 Å². The molecule has 0 radical (unpaired) electrons. The lowest BCUT2D eigenvalue weighted by Gasteiger charge is -2.09. The van der Waals surface area contributed by atoms with Gasteiger partial charge in [-0.3, -0.25) is 4.42 Å². The molecular weight excluding hydrogens is 150 g/mol. The molecule has 0 saturated carbocycles. The SMILES string of the molecule is CCN(Cl)c1ccncn1. The number of hydrogen-bond acceptors (Lipinski definition) is 3. The first-order valence-electron chi connectivity index (χ1n) is 3.04. The topological polar surface area (TPSA) is 29.0 Å². The van der Waals surface area contributed by atoms with Gasteiger partial charge in [-0.15, -0.1) is 0 Å². The van der Waals surface area contributed by atoms with E-state index in [2.05, 4.69) is 9.97 Å². The number of halogens is 1. The van der Waals surface area contributed by atoms with E-state index in [1.165, 1.54) is 10.7 Å². The zero-order chi connectivity index (χ0) is 7.40. The van der Waals surface area contributed by atoms with Crippen LogP contribution in [0.25, 0.3) is 0 Å². The summed E-state index contributed by atoms with van der Waals surface area (Å²) in [5, 5.41) is 0. The second-order valence-electron chi connectivity index (χ2n) is 1.75. The molecule has 0 atom stereocenters. The molecule has 0 aliphatic carbocycles. The van der Waals surface area contributed by atoms with Crippen LogP contribution in [0.4, 0.5) is 5.82 Å². The van der Waals surface area contributed by atoms with E-state index in [0.29, 0.717) is 0 Å². The molecule has 0 N–H and O–H groups in total. The minimum absolute atomic E-state index is 0.735. The molecular formula is C6H8ClN3. The molecule has 1 rings (SSSR count). The molecule has 1 aromatic heterocycles. The Balaban J connectivity index is 2.75. The molecule has 10 heavy (non-hydrogen) atoms. The van der Waals surface area contributed by atoms with Gasteiger partial charge in [0, 0.05) is 30.6 Å². The van der Waals surface area contributed by atoms with Gasteiger partial charge < -0.3 is 0 Å². The first kappa shape index (κ1) is 7.28. The van der Waals surface area contributed by atoms with Crippen molar-refractivity contribution in [2.45, 2.75) is 6.92 Å². The molecule has 0 spiro atoms. The summed E-state index contributed by atoms with van der Waals surface area (Å²) >= 11 is 5.73. The zero-order valence-corrected chi connectivity index (χ0v) is 6.41. The average Bonchev–Trinajstić information content (AvgIpc) is 2.05. The van der Waals surface area contributed by atoms with Crippen molar-refractivity contribution in [2.75, 3.05) is 11.0 Å². The highest BCUT2D eigenvalue weighted by atomic mass is 35.5.